The van der Waals surface area contributed by atoms with Crippen molar-refractivity contribution in [3.63, 3.8) is 0 Å². The normalized spacial score (nSPS) is 11.8. The van der Waals surface area contributed by atoms with Crippen LogP contribution in [0.3, 0.4) is 0 Å². The Morgan fingerprint density at radius 1 is 1.00 bits per heavy atom. The summed E-state index contributed by atoms with van der Waals surface area (Å²) in [5, 5.41) is 0. The lowest BCUT2D eigenvalue weighted by molar-refractivity contribution is 0.146. The number of ether oxygens (including phenoxy) is 3. The minimum absolute atomic E-state index is 0.251. The van der Waals surface area contributed by atoms with Gasteiger partial charge in [-0.1, -0.05) is 0 Å². The van der Waals surface area contributed by atoms with Crippen LogP contribution in [0.15, 0.2) is 29.2 Å². The first-order valence-electron chi connectivity index (χ1n) is 6.69. The molecule has 7 heteroatoms. The van der Waals surface area contributed by atoms with Crippen LogP contribution >= 0.6 is 0 Å². The van der Waals surface area contributed by atoms with E-state index in [2.05, 4.69) is 0 Å². The van der Waals surface area contributed by atoms with E-state index in [1.807, 2.05) is 0 Å². The number of methoxy groups -OCH3 is 2. The monoisotopic (exact) mass is 317 g/mol. The molecule has 0 aliphatic rings. The molecule has 0 spiro atoms. The maximum absolute atomic E-state index is 12.3. The second-order valence-corrected chi connectivity index (χ2v) is 6.53. The molecule has 0 unspecified atom stereocenters. The fourth-order valence-corrected chi connectivity index (χ4v) is 2.89. The summed E-state index contributed by atoms with van der Waals surface area (Å²) in [4.78, 5) is 0.251. The lowest BCUT2D eigenvalue weighted by Gasteiger charge is -2.17. The van der Waals surface area contributed by atoms with Crippen molar-refractivity contribution >= 4 is 10.0 Å². The Morgan fingerprint density at radius 2 is 1.62 bits per heavy atom. The Balaban J connectivity index is 2.66. The molecule has 0 saturated heterocycles. The summed E-state index contributed by atoms with van der Waals surface area (Å²) in [6, 6.07) is 6.38. The van der Waals surface area contributed by atoms with E-state index in [0.717, 1.165) is 0 Å². The number of nitrogens with zero attached hydrogens (tertiary/aromatic N) is 1. The van der Waals surface area contributed by atoms with Crippen molar-refractivity contribution in [3.8, 4) is 5.75 Å². The molecule has 0 N–H and O–H groups in total. The molecule has 0 bridgehead atoms. The van der Waals surface area contributed by atoms with E-state index >= 15 is 0 Å². The second kappa shape index (κ2) is 8.99. The summed E-state index contributed by atoms with van der Waals surface area (Å²) in [5.41, 5.74) is 0. The first-order valence-corrected chi connectivity index (χ1v) is 8.13. The van der Waals surface area contributed by atoms with Crippen molar-refractivity contribution < 1.29 is 22.6 Å². The Hall–Kier alpha value is -1.15. The molecule has 0 aliphatic heterocycles. The summed E-state index contributed by atoms with van der Waals surface area (Å²) in [5.74, 6) is 0.619. The van der Waals surface area contributed by atoms with E-state index in [0.29, 0.717) is 38.5 Å². The van der Waals surface area contributed by atoms with E-state index in [-0.39, 0.29) is 4.90 Å². The quantitative estimate of drug-likeness (QED) is 0.610. The summed E-state index contributed by atoms with van der Waals surface area (Å²) in [7, 11) is 1.29. The molecule has 6 nitrogen and oxygen atoms in total. The molecule has 1 rings (SSSR count). The zero-order valence-electron chi connectivity index (χ0n) is 12.7. The van der Waals surface area contributed by atoms with Crippen LogP contribution in [0.1, 0.15) is 6.42 Å². The Morgan fingerprint density at radius 3 is 2.19 bits per heavy atom. The van der Waals surface area contributed by atoms with Crippen molar-refractivity contribution in [2.45, 2.75) is 11.3 Å². The summed E-state index contributed by atoms with van der Waals surface area (Å²) >= 11 is 0. The molecule has 1 aromatic rings. The van der Waals surface area contributed by atoms with Gasteiger partial charge in [0.15, 0.2) is 0 Å². The van der Waals surface area contributed by atoms with Gasteiger partial charge in [-0.3, -0.25) is 0 Å². The van der Waals surface area contributed by atoms with Gasteiger partial charge in [-0.15, -0.1) is 0 Å². The van der Waals surface area contributed by atoms with Crippen molar-refractivity contribution in [2.75, 3.05) is 47.6 Å². The number of hydrogen-bond acceptors (Lipinski definition) is 5. The molecule has 0 aromatic heterocycles. The summed E-state index contributed by atoms with van der Waals surface area (Å²) < 4.78 is 41.2. The van der Waals surface area contributed by atoms with Gasteiger partial charge in [0.25, 0.3) is 0 Å². The number of benzene rings is 1. The van der Waals surface area contributed by atoms with Gasteiger partial charge in [-0.2, -0.15) is 0 Å². The highest BCUT2D eigenvalue weighted by Gasteiger charge is 2.20. The van der Waals surface area contributed by atoms with Crippen LogP contribution in [0.4, 0.5) is 0 Å². The third kappa shape index (κ3) is 5.62. The molecule has 0 aliphatic carbocycles. The largest absolute Gasteiger partial charge is 0.491 e. The summed E-state index contributed by atoms with van der Waals surface area (Å²) in [6.07, 6.45) is 0.657. The maximum atomic E-state index is 12.3. The predicted octanol–water partition coefficient (Wildman–Crippen LogP) is 1.37. The average Bonchev–Trinajstić information content (AvgIpc) is 2.48. The van der Waals surface area contributed by atoms with Crippen molar-refractivity contribution in [1.29, 1.82) is 0 Å². The highest BCUT2D eigenvalue weighted by molar-refractivity contribution is 7.89. The van der Waals surface area contributed by atoms with Crippen LogP contribution in [-0.4, -0.2) is 60.4 Å². The fourth-order valence-electron chi connectivity index (χ4n) is 1.68. The SMILES string of the molecule is COCCCN(C)S(=O)(=O)c1ccc(OCCOC)cc1. The van der Waals surface area contributed by atoms with Crippen molar-refractivity contribution in [3.05, 3.63) is 24.3 Å². The Labute approximate surface area is 126 Å². The lowest BCUT2D eigenvalue weighted by atomic mass is 10.3. The van der Waals surface area contributed by atoms with Crippen LogP contribution in [-0.2, 0) is 19.5 Å². The van der Waals surface area contributed by atoms with Crippen LogP contribution in [0.2, 0.25) is 0 Å². The topological polar surface area (TPSA) is 65.1 Å². The molecule has 0 atom stereocenters. The van der Waals surface area contributed by atoms with Crippen LogP contribution in [0, 0.1) is 0 Å². The molecule has 21 heavy (non-hydrogen) atoms. The Kier molecular flexibility index (Phi) is 7.66. The predicted molar refractivity (Wildman–Crippen MR) is 80.1 cm³/mol. The van der Waals surface area contributed by atoms with E-state index in [4.69, 9.17) is 14.2 Å². The van der Waals surface area contributed by atoms with E-state index < -0.39 is 10.0 Å². The molecule has 120 valence electrons. The zero-order chi connectivity index (χ0) is 15.7. The third-order valence-corrected chi connectivity index (χ3v) is 4.78. The minimum Gasteiger partial charge on any atom is -0.491 e. The van der Waals surface area contributed by atoms with Gasteiger partial charge < -0.3 is 14.2 Å². The second-order valence-electron chi connectivity index (χ2n) is 4.49. The van der Waals surface area contributed by atoms with Crippen LogP contribution in [0.5, 0.6) is 5.75 Å². The highest BCUT2D eigenvalue weighted by atomic mass is 32.2. The fraction of sp³-hybridized carbons (Fsp3) is 0.571. The molecule has 0 amide bonds. The van der Waals surface area contributed by atoms with Crippen LogP contribution in [0.25, 0.3) is 0 Å². The molecule has 1 aromatic carbocycles. The first kappa shape index (κ1) is 17.9. The minimum atomic E-state index is -3.46. The van der Waals surface area contributed by atoms with Gasteiger partial charge in [-0.25, -0.2) is 12.7 Å². The molecule has 0 radical (unpaired) electrons. The van der Waals surface area contributed by atoms with Gasteiger partial charge in [0.2, 0.25) is 10.0 Å². The first-order chi connectivity index (χ1) is 10.0. The molecule has 0 saturated carbocycles. The summed E-state index contributed by atoms with van der Waals surface area (Å²) in [6.45, 7) is 1.87. The third-order valence-electron chi connectivity index (χ3n) is 2.91. The average molecular weight is 317 g/mol. The van der Waals surface area contributed by atoms with E-state index in [1.54, 1.807) is 45.5 Å². The highest BCUT2D eigenvalue weighted by Crippen LogP contribution is 2.19. The number of rotatable bonds is 10. The van der Waals surface area contributed by atoms with Crippen LogP contribution < -0.4 is 4.74 Å². The van der Waals surface area contributed by atoms with Gasteiger partial charge in [0.05, 0.1) is 11.5 Å². The van der Waals surface area contributed by atoms with E-state index in [9.17, 15) is 8.42 Å². The Bertz CT molecular complexity index is 501. The smallest absolute Gasteiger partial charge is 0.242 e. The van der Waals surface area contributed by atoms with Crippen molar-refractivity contribution in [1.82, 2.24) is 4.31 Å². The van der Waals surface area contributed by atoms with Gasteiger partial charge in [-0.05, 0) is 30.7 Å². The number of sulfonamides is 1. The lowest BCUT2D eigenvalue weighted by Crippen LogP contribution is -2.28. The van der Waals surface area contributed by atoms with Crippen molar-refractivity contribution in [2.24, 2.45) is 0 Å². The standard InChI is InChI=1S/C14H23NO5S/c1-15(9-4-10-18-2)21(16,17)14-7-5-13(6-8-14)20-12-11-19-3/h5-8H,4,9-12H2,1-3H3. The van der Waals surface area contributed by atoms with E-state index in [1.165, 1.54) is 4.31 Å². The maximum Gasteiger partial charge on any atom is 0.242 e. The van der Waals surface area contributed by atoms with Gasteiger partial charge in [0.1, 0.15) is 12.4 Å². The molecule has 0 fully saturated rings. The molecule has 0 heterocycles. The number of hydrogen-bond donors (Lipinski definition) is 0. The zero-order valence-corrected chi connectivity index (χ0v) is 13.6. The molecular weight excluding hydrogens is 294 g/mol. The molecular formula is C14H23NO5S. The van der Waals surface area contributed by atoms with Gasteiger partial charge >= 0.3 is 0 Å². The van der Waals surface area contributed by atoms with Gasteiger partial charge in [0, 0.05) is 34.4 Å².